The first-order valence-electron chi connectivity index (χ1n) is 10.6. The van der Waals surface area contributed by atoms with Crippen molar-refractivity contribution in [2.45, 2.75) is 52.2 Å². The molecule has 2 aromatic rings. The van der Waals surface area contributed by atoms with Gasteiger partial charge in [-0.25, -0.2) is 0 Å². The standard InChI is InChI=1S/C25H28N2O4/c1-7-30-18-12-16-19(17-13-24(2,3)31-21(17)18)20(27-25(4,5)22(16)28)14-9-8-10-15(11-14)23(29)26-6/h8-12H,7,13H2,1-6H3,(H,26,29). The smallest absolute Gasteiger partial charge is 0.251 e. The van der Waals surface area contributed by atoms with Crippen LogP contribution in [0.4, 0.5) is 0 Å². The third-order valence-electron chi connectivity index (χ3n) is 5.68. The maximum Gasteiger partial charge on any atom is 0.251 e. The van der Waals surface area contributed by atoms with Crippen molar-refractivity contribution in [2.24, 2.45) is 4.99 Å². The van der Waals surface area contributed by atoms with E-state index in [1.165, 1.54) is 0 Å². The second-order valence-electron chi connectivity index (χ2n) is 9.08. The Morgan fingerprint density at radius 1 is 1.23 bits per heavy atom. The summed E-state index contributed by atoms with van der Waals surface area (Å²) in [5, 5.41) is 2.66. The highest BCUT2D eigenvalue weighted by molar-refractivity contribution is 6.25. The number of amides is 1. The SMILES string of the molecule is CCOc1cc2c(c3c1OC(C)(C)C3)C(c1cccc(C(=O)NC)c1)=NC(C)(C)C2=O. The van der Waals surface area contributed by atoms with Crippen LogP contribution in [0.2, 0.25) is 0 Å². The fourth-order valence-corrected chi connectivity index (χ4v) is 4.30. The lowest BCUT2D eigenvalue weighted by molar-refractivity contribution is 0.0910. The molecule has 0 saturated carbocycles. The van der Waals surface area contributed by atoms with Crippen LogP contribution in [0.1, 0.15) is 72.0 Å². The first kappa shape index (κ1) is 21.1. The molecule has 0 aliphatic carbocycles. The molecule has 0 bridgehead atoms. The monoisotopic (exact) mass is 420 g/mol. The number of fused-ring (bicyclic) bond motifs is 3. The van der Waals surface area contributed by atoms with Crippen molar-refractivity contribution in [3.8, 4) is 11.5 Å². The quantitative estimate of drug-likeness (QED) is 0.812. The van der Waals surface area contributed by atoms with Crippen LogP contribution in [-0.4, -0.2) is 42.2 Å². The average Bonchev–Trinajstić information content (AvgIpc) is 3.05. The summed E-state index contributed by atoms with van der Waals surface area (Å²) in [7, 11) is 1.60. The number of rotatable bonds is 4. The van der Waals surface area contributed by atoms with Gasteiger partial charge in [0.15, 0.2) is 17.3 Å². The van der Waals surface area contributed by atoms with Crippen LogP contribution in [0, 0.1) is 0 Å². The van der Waals surface area contributed by atoms with Gasteiger partial charge >= 0.3 is 0 Å². The highest BCUT2D eigenvalue weighted by Crippen LogP contribution is 2.48. The summed E-state index contributed by atoms with van der Waals surface area (Å²) in [6.07, 6.45) is 0.632. The van der Waals surface area contributed by atoms with E-state index in [1.807, 2.05) is 52.8 Å². The minimum absolute atomic E-state index is 0.0536. The Hall–Kier alpha value is -3.15. The molecule has 0 aromatic heterocycles. The van der Waals surface area contributed by atoms with E-state index in [2.05, 4.69) is 5.32 Å². The molecular formula is C25H28N2O4. The summed E-state index contributed by atoms with van der Waals surface area (Å²) >= 11 is 0. The fourth-order valence-electron chi connectivity index (χ4n) is 4.30. The van der Waals surface area contributed by atoms with Gasteiger partial charge in [-0.05, 0) is 52.8 Å². The first-order valence-corrected chi connectivity index (χ1v) is 10.6. The molecule has 2 aliphatic rings. The van der Waals surface area contributed by atoms with Crippen molar-refractivity contribution in [3.63, 3.8) is 0 Å². The first-order chi connectivity index (χ1) is 14.6. The molecule has 0 fully saturated rings. The van der Waals surface area contributed by atoms with Gasteiger partial charge in [0.05, 0.1) is 12.3 Å². The highest BCUT2D eigenvalue weighted by Gasteiger charge is 2.43. The Labute approximate surface area is 182 Å². The van der Waals surface area contributed by atoms with E-state index in [-0.39, 0.29) is 11.7 Å². The molecule has 0 spiro atoms. The second kappa shape index (κ2) is 7.22. The number of nitrogens with one attached hydrogen (secondary N) is 1. The maximum absolute atomic E-state index is 13.4. The largest absolute Gasteiger partial charge is 0.490 e. The van der Waals surface area contributed by atoms with Gasteiger partial charge in [0.25, 0.3) is 5.91 Å². The lowest BCUT2D eigenvalue weighted by Gasteiger charge is -2.29. The predicted molar refractivity (Wildman–Crippen MR) is 120 cm³/mol. The zero-order valence-electron chi connectivity index (χ0n) is 18.9. The molecule has 0 radical (unpaired) electrons. The Morgan fingerprint density at radius 2 is 1.97 bits per heavy atom. The average molecular weight is 421 g/mol. The van der Waals surface area contributed by atoms with Crippen molar-refractivity contribution < 1.29 is 19.1 Å². The van der Waals surface area contributed by atoms with Gasteiger partial charge in [-0.3, -0.25) is 14.6 Å². The lowest BCUT2D eigenvalue weighted by atomic mass is 9.80. The molecule has 2 heterocycles. The third kappa shape index (κ3) is 3.50. The number of hydrogen-bond donors (Lipinski definition) is 1. The van der Waals surface area contributed by atoms with Gasteiger partial charge in [-0.15, -0.1) is 0 Å². The van der Waals surface area contributed by atoms with Crippen molar-refractivity contribution in [3.05, 3.63) is 58.1 Å². The Morgan fingerprint density at radius 3 is 2.65 bits per heavy atom. The molecule has 2 aromatic carbocycles. The zero-order chi connectivity index (χ0) is 22.6. The number of carbonyl (C=O) groups is 2. The summed E-state index contributed by atoms with van der Waals surface area (Å²) in [6, 6.07) is 9.13. The molecule has 1 N–H and O–H groups in total. The van der Waals surface area contributed by atoms with Crippen LogP contribution in [0.3, 0.4) is 0 Å². The van der Waals surface area contributed by atoms with Crippen molar-refractivity contribution in [2.75, 3.05) is 13.7 Å². The van der Waals surface area contributed by atoms with E-state index < -0.39 is 11.1 Å². The van der Waals surface area contributed by atoms with Gasteiger partial charge in [-0.2, -0.15) is 0 Å². The van der Waals surface area contributed by atoms with E-state index >= 15 is 0 Å². The van der Waals surface area contributed by atoms with Crippen molar-refractivity contribution in [1.29, 1.82) is 0 Å². The molecule has 0 saturated heterocycles. The molecule has 31 heavy (non-hydrogen) atoms. The van der Waals surface area contributed by atoms with Gasteiger partial charge in [0.1, 0.15) is 11.1 Å². The Kier molecular flexibility index (Phi) is 4.91. The summed E-state index contributed by atoms with van der Waals surface area (Å²) < 4.78 is 12.1. The fraction of sp³-hybridized carbons (Fsp3) is 0.400. The summed E-state index contributed by atoms with van der Waals surface area (Å²) in [4.78, 5) is 30.5. The predicted octanol–water partition coefficient (Wildman–Crippen LogP) is 3.97. The Bertz CT molecular complexity index is 1130. The van der Waals surface area contributed by atoms with E-state index in [1.54, 1.807) is 19.2 Å². The number of carbonyl (C=O) groups excluding carboxylic acids is 2. The van der Waals surface area contributed by atoms with E-state index in [0.717, 1.165) is 16.7 Å². The minimum atomic E-state index is -0.932. The molecule has 4 rings (SSSR count). The molecule has 6 heteroatoms. The minimum Gasteiger partial charge on any atom is -0.490 e. The number of nitrogens with zero attached hydrogens (tertiary/aromatic N) is 1. The topological polar surface area (TPSA) is 77.0 Å². The number of Topliss-reactive ketones (excluding diaryl/α,β-unsaturated/α-hetero) is 1. The maximum atomic E-state index is 13.4. The van der Waals surface area contributed by atoms with Crippen molar-refractivity contribution in [1.82, 2.24) is 5.32 Å². The lowest BCUT2D eigenvalue weighted by Crippen LogP contribution is -2.37. The molecular weight excluding hydrogens is 392 g/mol. The summed E-state index contributed by atoms with van der Waals surface area (Å²) in [5.74, 6) is 1.04. The Balaban J connectivity index is 2.00. The molecule has 0 unspecified atom stereocenters. The van der Waals surface area contributed by atoms with Gasteiger partial charge in [-0.1, -0.05) is 12.1 Å². The molecule has 1 amide bonds. The zero-order valence-corrected chi connectivity index (χ0v) is 18.9. The second-order valence-corrected chi connectivity index (χ2v) is 9.08. The molecule has 2 aliphatic heterocycles. The molecule has 0 atom stereocenters. The third-order valence-corrected chi connectivity index (χ3v) is 5.68. The van der Waals surface area contributed by atoms with Crippen LogP contribution in [-0.2, 0) is 6.42 Å². The summed E-state index contributed by atoms with van der Waals surface area (Å²) in [5.41, 5.74) is 2.97. The van der Waals surface area contributed by atoms with E-state index in [4.69, 9.17) is 14.5 Å². The normalized spacial score (nSPS) is 17.9. The molecule has 162 valence electrons. The van der Waals surface area contributed by atoms with E-state index in [9.17, 15) is 9.59 Å². The van der Waals surface area contributed by atoms with Crippen LogP contribution >= 0.6 is 0 Å². The van der Waals surface area contributed by atoms with Gasteiger partial charge in [0, 0.05) is 41.3 Å². The number of aliphatic imine (C=N–C) groups is 1. The van der Waals surface area contributed by atoms with Crippen molar-refractivity contribution >= 4 is 17.4 Å². The van der Waals surface area contributed by atoms with Crippen LogP contribution in [0.25, 0.3) is 0 Å². The number of ketones is 1. The van der Waals surface area contributed by atoms with Crippen LogP contribution in [0.15, 0.2) is 35.3 Å². The van der Waals surface area contributed by atoms with Gasteiger partial charge in [0.2, 0.25) is 0 Å². The number of ether oxygens (including phenoxy) is 2. The summed E-state index contributed by atoms with van der Waals surface area (Å²) in [6.45, 7) is 10.1. The van der Waals surface area contributed by atoms with E-state index in [0.29, 0.717) is 41.4 Å². The highest BCUT2D eigenvalue weighted by atomic mass is 16.5. The van der Waals surface area contributed by atoms with Crippen LogP contribution in [0.5, 0.6) is 11.5 Å². The van der Waals surface area contributed by atoms with Gasteiger partial charge < -0.3 is 14.8 Å². The number of benzene rings is 2. The molecule has 6 nitrogen and oxygen atoms in total. The van der Waals surface area contributed by atoms with Crippen LogP contribution < -0.4 is 14.8 Å². The number of hydrogen-bond acceptors (Lipinski definition) is 5.